The number of hydrogen-bond donors (Lipinski definition) is 1. The molecule has 0 saturated heterocycles. The van der Waals surface area contributed by atoms with E-state index in [1.54, 1.807) is 0 Å². The lowest BCUT2D eigenvalue weighted by Gasteiger charge is -2.29. The molecule has 4 nitrogen and oxygen atoms in total. The third kappa shape index (κ3) is 1.63. The molecule has 0 radical (unpaired) electrons. The minimum Gasteiger partial charge on any atom is -0.371 e. The maximum absolute atomic E-state index is 4.36. The highest BCUT2D eigenvalue weighted by Crippen LogP contribution is 2.37. The molecule has 1 aliphatic heterocycles. The van der Waals surface area contributed by atoms with Crippen molar-refractivity contribution in [2.45, 2.75) is 6.04 Å². The SMILES string of the molecule is c1ccc2c(c1)N[C@@H](c1ccc3nsnc3c1)c1cccn1-2. The fraction of sp³-hybridized carbons (Fsp3) is 0.0588. The van der Waals surface area contributed by atoms with Crippen LogP contribution in [0, 0.1) is 0 Å². The standard InChI is InChI=1S/C17H12N4S/c1-2-5-15-13(4-1)18-17(16-6-3-9-21(15)16)11-7-8-12-14(10-11)20-22-19-12/h1-10,17-18H/t17-/m0/s1. The molecule has 0 spiro atoms. The Morgan fingerprint density at radius 3 is 2.86 bits per heavy atom. The second kappa shape index (κ2) is 4.42. The van der Waals surface area contributed by atoms with Gasteiger partial charge in [-0.05, 0) is 42.0 Å². The van der Waals surface area contributed by atoms with Crippen molar-refractivity contribution in [2.75, 3.05) is 5.32 Å². The minimum atomic E-state index is 0.121. The van der Waals surface area contributed by atoms with Crippen molar-refractivity contribution >= 4 is 28.4 Å². The van der Waals surface area contributed by atoms with E-state index in [1.165, 1.54) is 28.7 Å². The molecule has 5 rings (SSSR count). The zero-order chi connectivity index (χ0) is 14.5. The van der Waals surface area contributed by atoms with Gasteiger partial charge in [0.1, 0.15) is 11.0 Å². The second-order valence-corrected chi connectivity index (χ2v) is 5.94. The molecule has 2 aromatic heterocycles. The molecule has 1 aliphatic rings. The highest BCUT2D eigenvalue weighted by Gasteiger charge is 2.24. The van der Waals surface area contributed by atoms with Gasteiger partial charge in [0, 0.05) is 11.9 Å². The van der Waals surface area contributed by atoms with Crippen molar-refractivity contribution in [1.29, 1.82) is 0 Å². The Bertz CT molecular complexity index is 985. The lowest BCUT2D eigenvalue weighted by molar-refractivity contribution is 0.811. The van der Waals surface area contributed by atoms with Crippen molar-refractivity contribution < 1.29 is 0 Å². The number of aromatic nitrogens is 3. The van der Waals surface area contributed by atoms with Gasteiger partial charge >= 0.3 is 0 Å². The number of benzene rings is 2. The van der Waals surface area contributed by atoms with Crippen LogP contribution in [0.4, 0.5) is 5.69 Å². The van der Waals surface area contributed by atoms with Gasteiger partial charge in [-0.2, -0.15) is 8.75 Å². The van der Waals surface area contributed by atoms with Crippen LogP contribution in [-0.4, -0.2) is 13.3 Å². The number of nitrogens with zero attached hydrogens (tertiary/aromatic N) is 3. The molecule has 0 fully saturated rings. The average Bonchev–Trinajstić information content (AvgIpc) is 3.22. The molecule has 0 bridgehead atoms. The maximum Gasteiger partial charge on any atom is 0.105 e. The van der Waals surface area contributed by atoms with Gasteiger partial charge in [0.2, 0.25) is 0 Å². The van der Waals surface area contributed by atoms with Crippen molar-refractivity contribution in [3.63, 3.8) is 0 Å². The number of hydrogen-bond acceptors (Lipinski definition) is 4. The Balaban J connectivity index is 1.70. The molecule has 5 heteroatoms. The van der Waals surface area contributed by atoms with Crippen molar-refractivity contribution in [3.05, 3.63) is 72.1 Å². The topological polar surface area (TPSA) is 42.7 Å². The third-order valence-electron chi connectivity index (χ3n) is 4.15. The quantitative estimate of drug-likeness (QED) is 0.578. The van der Waals surface area contributed by atoms with Crippen LogP contribution in [0.1, 0.15) is 17.3 Å². The Morgan fingerprint density at radius 1 is 0.955 bits per heavy atom. The lowest BCUT2D eigenvalue weighted by atomic mass is 10.00. The summed E-state index contributed by atoms with van der Waals surface area (Å²) in [5.74, 6) is 0. The molecule has 0 amide bonds. The first-order chi connectivity index (χ1) is 10.9. The smallest absolute Gasteiger partial charge is 0.105 e. The highest BCUT2D eigenvalue weighted by molar-refractivity contribution is 7.00. The number of fused-ring (bicyclic) bond motifs is 4. The first kappa shape index (κ1) is 11.9. The van der Waals surface area contributed by atoms with Crippen LogP contribution in [0.3, 0.4) is 0 Å². The fourth-order valence-corrected chi connectivity index (χ4v) is 3.63. The summed E-state index contributed by atoms with van der Waals surface area (Å²) in [6.07, 6.45) is 2.12. The van der Waals surface area contributed by atoms with Crippen LogP contribution >= 0.6 is 11.7 Å². The molecule has 3 heterocycles. The van der Waals surface area contributed by atoms with Gasteiger partial charge in [0.05, 0.1) is 29.1 Å². The number of anilines is 1. The van der Waals surface area contributed by atoms with Gasteiger partial charge in [-0.25, -0.2) is 0 Å². The molecule has 4 aromatic rings. The van der Waals surface area contributed by atoms with E-state index in [0.717, 1.165) is 16.7 Å². The van der Waals surface area contributed by atoms with Crippen molar-refractivity contribution in [3.8, 4) is 5.69 Å². The summed E-state index contributed by atoms with van der Waals surface area (Å²) in [4.78, 5) is 0. The van der Waals surface area contributed by atoms with Gasteiger partial charge in [-0.15, -0.1) is 0 Å². The van der Waals surface area contributed by atoms with E-state index in [9.17, 15) is 0 Å². The van der Waals surface area contributed by atoms with E-state index in [-0.39, 0.29) is 6.04 Å². The molecule has 0 aliphatic carbocycles. The van der Waals surface area contributed by atoms with E-state index in [4.69, 9.17) is 0 Å². The minimum absolute atomic E-state index is 0.121. The molecular weight excluding hydrogens is 292 g/mol. The molecule has 2 aromatic carbocycles. The molecule has 1 N–H and O–H groups in total. The molecule has 0 unspecified atom stereocenters. The Labute approximate surface area is 131 Å². The van der Waals surface area contributed by atoms with E-state index >= 15 is 0 Å². The van der Waals surface area contributed by atoms with Gasteiger partial charge < -0.3 is 9.88 Å². The van der Waals surface area contributed by atoms with E-state index in [1.807, 2.05) is 6.07 Å². The zero-order valence-electron chi connectivity index (χ0n) is 11.6. The van der Waals surface area contributed by atoms with Crippen LogP contribution < -0.4 is 5.32 Å². The van der Waals surface area contributed by atoms with E-state index in [2.05, 4.69) is 73.4 Å². The number of para-hydroxylation sites is 2. The van der Waals surface area contributed by atoms with Crippen LogP contribution in [-0.2, 0) is 0 Å². The van der Waals surface area contributed by atoms with Crippen LogP contribution in [0.25, 0.3) is 16.7 Å². The molecule has 1 atom stereocenters. The Kier molecular flexibility index (Phi) is 2.40. The molecule has 22 heavy (non-hydrogen) atoms. The summed E-state index contributed by atoms with van der Waals surface area (Å²) in [5.41, 5.74) is 6.69. The predicted molar refractivity (Wildman–Crippen MR) is 88.6 cm³/mol. The number of rotatable bonds is 1. The summed E-state index contributed by atoms with van der Waals surface area (Å²) < 4.78 is 10.9. The summed E-state index contributed by atoms with van der Waals surface area (Å²) in [6.45, 7) is 0. The molecule has 106 valence electrons. The van der Waals surface area contributed by atoms with Crippen molar-refractivity contribution in [2.24, 2.45) is 0 Å². The maximum atomic E-state index is 4.36. The Hall–Kier alpha value is -2.66. The highest BCUT2D eigenvalue weighted by atomic mass is 32.1. The molecule has 0 saturated carbocycles. The average molecular weight is 304 g/mol. The summed E-state index contributed by atoms with van der Waals surface area (Å²) in [6, 6.07) is 19.1. The van der Waals surface area contributed by atoms with Crippen molar-refractivity contribution in [1.82, 2.24) is 13.3 Å². The van der Waals surface area contributed by atoms with Gasteiger partial charge in [0.15, 0.2) is 0 Å². The fourth-order valence-electron chi connectivity index (χ4n) is 3.12. The number of nitrogens with one attached hydrogen (secondary N) is 1. The second-order valence-electron chi connectivity index (χ2n) is 5.41. The van der Waals surface area contributed by atoms with Crippen LogP contribution in [0.15, 0.2) is 60.8 Å². The molecular formula is C17H12N4S. The third-order valence-corrected chi connectivity index (χ3v) is 4.71. The largest absolute Gasteiger partial charge is 0.371 e. The van der Waals surface area contributed by atoms with E-state index < -0.39 is 0 Å². The van der Waals surface area contributed by atoms with Crippen LogP contribution in [0.2, 0.25) is 0 Å². The zero-order valence-corrected chi connectivity index (χ0v) is 12.4. The van der Waals surface area contributed by atoms with Crippen LogP contribution in [0.5, 0.6) is 0 Å². The predicted octanol–water partition coefficient (Wildman–Crippen LogP) is 4.00. The summed E-state index contributed by atoms with van der Waals surface area (Å²) in [5, 5.41) is 3.65. The van der Waals surface area contributed by atoms with Gasteiger partial charge in [-0.3, -0.25) is 0 Å². The monoisotopic (exact) mass is 304 g/mol. The van der Waals surface area contributed by atoms with Gasteiger partial charge in [0.25, 0.3) is 0 Å². The van der Waals surface area contributed by atoms with Gasteiger partial charge in [-0.1, -0.05) is 18.2 Å². The first-order valence-electron chi connectivity index (χ1n) is 7.15. The van der Waals surface area contributed by atoms with E-state index in [0.29, 0.717) is 0 Å². The normalized spacial score (nSPS) is 16.1. The first-order valence-corrected chi connectivity index (χ1v) is 7.88. The Morgan fingerprint density at radius 2 is 1.86 bits per heavy atom. The lowest BCUT2D eigenvalue weighted by Crippen LogP contribution is -2.21. The summed E-state index contributed by atoms with van der Waals surface area (Å²) >= 11 is 1.26. The summed E-state index contributed by atoms with van der Waals surface area (Å²) in [7, 11) is 0.